The average Bonchev–Trinajstić information content (AvgIpc) is 2.35. The van der Waals surface area contributed by atoms with Crippen LogP contribution in [0.25, 0.3) is 0 Å². The second kappa shape index (κ2) is 6.56. The number of carboxylic acids is 1. The summed E-state index contributed by atoms with van der Waals surface area (Å²) in [6.07, 6.45) is 0. The van der Waals surface area contributed by atoms with Gasteiger partial charge in [-0.2, -0.15) is 0 Å². The van der Waals surface area contributed by atoms with E-state index in [1.54, 1.807) is 16.7 Å². The van der Waals surface area contributed by atoms with Crippen molar-refractivity contribution in [2.75, 3.05) is 39.4 Å². The van der Waals surface area contributed by atoms with Gasteiger partial charge in [0, 0.05) is 13.1 Å². The highest BCUT2D eigenvalue weighted by Crippen LogP contribution is 2.06. The number of hydrogen-bond acceptors (Lipinski definition) is 4. The molecule has 1 fully saturated rings. The Balaban J connectivity index is 2.56. The Morgan fingerprint density at radius 1 is 1.41 bits per heavy atom. The summed E-state index contributed by atoms with van der Waals surface area (Å²) in [5.74, 6) is -0.926. The number of carbonyl (C=O) groups excluding carboxylic acids is 1. The maximum atomic E-state index is 12.1. The molecule has 1 atom stereocenters. The van der Waals surface area contributed by atoms with E-state index in [1.807, 2.05) is 6.92 Å². The van der Waals surface area contributed by atoms with E-state index >= 15 is 0 Å². The quantitative estimate of drug-likeness (QED) is 0.715. The first-order chi connectivity index (χ1) is 8.06. The molecule has 0 saturated carbocycles. The maximum absolute atomic E-state index is 12.1. The molecule has 1 aliphatic rings. The molecule has 6 heteroatoms. The summed E-state index contributed by atoms with van der Waals surface area (Å²) in [4.78, 5) is 26.2. The van der Waals surface area contributed by atoms with Gasteiger partial charge in [-0.05, 0) is 13.5 Å². The van der Waals surface area contributed by atoms with Crippen molar-refractivity contribution in [1.29, 1.82) is 0 Å². The molecule has 1 aliphatic heterocycles. The van der Waals surface area contributed by atoms with E-state index < -0.39 is 12.0 Å². The minimum atomic E-state index is -0.909. The van der Waals surface area contributed by atoms with Crippen molar-refractivity contribution in [3.8, 4) is 0 Å². The predicted molar refractivity (Wildman–Crippen MR) is 61.7 cm³/mol. The lowest BCUT2D eigenvalue weighted by molar-refractivity contribution is -0.144. The minimum absolute atomic E-state index is 0.0172. The van der Waals surface area contributed by atoms with E-state index in [4.69, 9.17) is 9.84 Å². The van der Waals surface area contributed by atoms with Gasteiger partial charge in [-0.1, -0.05) is 6.92 Å². The van der Waals surface area contributed by atoms with Crippen LogP contribution in [0.3, 0.4) is 0 Å². The van der Waals surface area contributed by atoms with Gasteiger partial charge in [-0.15, -0.1) is 0 Å². The van der Waals surface area contributed by atoms with Crippen LogP contribution < -0.4 is 0 Å². The van der Waals surface area contributed by atoms with Crippen LogP contribution in [0, 0.1) is 0 Å². The Labute approximate surface area is 101 Å². The van der Waals surface area contributed by atoms with E-state index in [0.29, 0.717) is 32.8 Å². The first-order valence-electron chi connectivity index (χ1n) is 5.88. The molecule has 0 aromatic rings. The summed E-state index contributed by atoms with van der Waals surface area (Å²) < 4.78 is 5.18. The highest BCUT2D eigenvalue weighted by atomic mass is 16.5. The zero-order valence-corrected chi connectivity index (χ0v) is 10.4. The van der Waals surface area contributed by atoms with Crippen LogP contribution in [0.5, 0.6) is 0 Å². The van der Waals surface area contributed by atoms with E-state index in [2.05, 4.69) is 0 Å². The molecular weight excluding hydrogens is 224 g/mol. The van der Waals surface area contributed by atoms with Gasteiger partial charge in [-0.3, -0.25) is 14.5 Å². The van der Waals surface area contributed by atoms with Gasteiger partial charge in [0.15, 0.2) is 0 Å². The molecular formula is C11H20N2O4. The zero-order chi connectivity index (χ0) is 12.8. The number of amides is 1. The highest BCUT2D eigenvalue weighted by molar-refractivity contribution is 5.82. The topological polar surface area (TPSA) is 70.1 Å². The lowest BCUT2D eigenvalue weighted by Gasteiger charge is -2.33. The van der Waals surface area contributed by atoms with Gasteiger partial charge < -0.3 is 14.7 Å². The van der Waals surface area contributed by atoms with Crippen LogP contribution in [-0.4, -0.2) is 72.2 Å². The lowest BCUT2D eigenvalue weighted by Crippen LogP contribution is -2.51. The predicted octanol–water partition coefficient (Wildman–Crippen LogP) is -0.360. The third-order valence-electron chi connectivity index (χ3n) is 2.97. The molecule has 17 heavy (non-hydrogen) atoms. The molecule has 1 unspecified atom stereocenters. The normalized spacial score (nSPS) is 18.2. The second-order valence-corrected chi connectivity index (χ2v) is 4.07. The molecule has 6 nitrogen and oxygen atoms in total. The number of ether oxygens (including phenoxy) is 1. The number of likely N-dealkylation sites (N-methyl/N-ethyl adjacent to an activating group) is 1. The van der Waals surface area contributed by atoms with Crippen LogP contribution in [0.2, 0.25) is 0 Å². The van der Waals surface area contributed by atoms with Crippen LogP contribution in [0.4, 0.5) is 0 Å². The van der Waals surface area contributed by atoms with Crippen molar-refractivity contribution in [2.24, 2.45) is 0 Å². The van der Waals surface area contributed by atoms with E-state index in [0.717, 1.165) is 0 Å². The molecule has 1 saturated heterocycles. The van der Waals surface area contributed by atoms with Crippen molar-refractivity contribution >= 4 is 11.9 Å². The molecule has 1 heterocycles. The molecule has 0 bridgehead atoms. The molecule has 1 rings (SSSR count). The summed E-state index contributed by atoms with van der Waals surface area (Å²) in [5, 5.41) is 8.77. The number of hydrogen-bond donors (Lipinski definition) is 1. The Morgan fingerprint density at radius 2 is 2.00 bits per heavy atom. The summed E-state index contributed by atoms with van der Waals surface area (Å²) in [6.45, 7) is 6.35. The molecule has 0 aliphatic carbocycles. The van der Waals surface area contributed by atoms with Crippen molar-refractivity contribution in [1.82, 2.24) is 9.80 Å². The Morgan fingerprint density at radius 3 is 2.47 bits per heavy atom. The van der Waals surface area contributed by atoms with Crippen molar-refractivity contribution in [3.63, 3.8) is 0 Å². The highest BCUT2D eigenvalue weighted by Gasteiger charge is 2.27. The Kier molecular flexibility index (Phi) is 5.37. The van der Waals surface area contributed by atoms with E-state index in [1.165, 1.54) is 0 Å². The molecule has 0 aromatic carbocycles. The maximum Gasteiger partial charge on any atom is 0.317 e. The third kappa shape index (κ3) is 3.98. The zero-order valence-electron chi connectivity index (χ0n) is 10.4. The van der Waals surface area contributed by atoms with Gasteiger partial charge >= 0.3 is 5.97 Å². The minimum Gasteiger partial charge on any atom is -0.480 e. The van der Waals surface area contributed by atoms with E-state index in [-0.39, 0.29) is 12.5 Å². The van der Waals surface area contributed by atoms with Crippen LogP contribution in [-0.2, 0) is 14.3 Å². The fraction of sp³-hybridized carbons (Fsp3) is 0.818. The Bertz CT molecular complexity index is 277. The van der Waals surface area contributed by atoms with Crippen LogP contribution in [0.1, 0.15) is 13.8 Å². The number of nitrogens with zero attached hydrogens (tertiary/aromatic N) is 2. The van der Waals surface area contributed by atoms with Crippen molar-refractivity contribution in [2.45, 2.75) is 19.9 Å². The standard InChI is InChI=1S/C11H20N2O4/c1-3-12(8-10(14)15)9(2)11(16)13-4-6-17-7-5-13/h9H,3-8H2,1-2H3,(H,14,15). The largest absolute Gasteiger partial charge is 0.480 e. The molecule has 98 valence electrons. The van der Waals surface area contributed by atoms with Crippen molar-refractivity contribution in [3.05, 3.63) is 0 Å². The smallest absolute Gasteiger partial charge is 0.317 e. The first-order valence-corrected chi connectivity index (χ1v) is 5.88. The first kappa shape index (κ1) is 13.9. The number of rotatable bonds is 5. The number of carbonyl (C=O) groups is 2. The average molecular weight is 244 g/mol. The summed E-state index contributed by atoms with van der Waals surface area (Å²) in [5.41, 5.74) is 0. The molecule has 1 amide bonds. The van der Waals surface area contributed by atoms with Gasteiger partial charge in [0.2, 0.25) is 5.91 Å². The number of morpholine rings is 1. The summed E-state index contributed by atoms with van der Waals surface area (Å²) >= 11 is 0. The summed E-state index contributed by atoms with van der Waals surface area (Å²) in [6, 6.07) is -0.394. The van der Waals surface area contributed by atoms with Gasteiger partial charge in [0.1, 0.15) is 0 Å². The fourth-order valence-electron chi connectivity index (χ4n) is 1.90. The second-order valence-electron chi connectivity index (χ2n) is 4.07. The van der Waals surface area contributed by atoms with Gasteiger partial charge in [-0.25, -0.2) is 0 Å². The van der Waals surface area contributed by atoms with Crippen LogP contribution >= 0.6 is 0 Å². The number of carboxylic acid groups (broad SMARTS) is 1. The Hall–Kier alpha value is -1.14. The molecule has 0 radical (unpaired) electrons. The molecule has 0 aromatic heterocycles. The van der Waals surface area contributed by atoms with Gasteiger partial charge in [0.05, 0.1) is 25.8 Å². The fourth-order valence-corrected chi connectivity index (χ4v) is 1.90. The van der Waals surface area contributed by atoms with Crippen molar-refractivity contribution < 1.29 is 19.4 Å². The van der Waals surface area contributed by atoms with Gasteiger partial charge in [0.25, 0.3) is 0 Å². The molecule has 1 N–H and O–H groups in total. The third-order valence-corrected chi connectivity index (χ3v) is 2.97. The monoisotopic (exact) mass is 244 g/mol. The van der Waals surface area contributed by atoms with E-state index in [9.17, 15) is 9.59 Å². The number of aliphatic carboxylic acids is 1. The summed E-state index contributed by atoms with van der Waals surface area (Å²) in [7, 11) is 0. The van der Waals surface area contributed by atoms with Crippen LogP contribution in [0.15, 0.2) is 0 Å². The molecule has 0 spiro atoms. The lowest BCUT2D eigenvalue weighted by atomic mass is 10.2. The SMILES string of the molecule is CCN(CC(=O)O)C(C)C(=O)N1CCOCC1.